The molecule has 2 nitrogen and oxygen atoms in total. The Morgan fingerprint density at radius 2 is 1.93 bits per heavy atom. The summed E-state index contributed by atoms with van der Waals surface area (Å²) in [5.41, 5.74) is 7.11. The second kappa shape index (κ2) is 5.78. The molecule has 78 valence electrons. The van der Waals surface area contributed by atoms with Gasteiger partial charge in [-0.2, -0.15) is 0 Å². The number of hydrogen-bond acceptors (Lipinski definition) is 2. The molecular formula is C12H19NO. The molecule has 0 aliphatic heterocycles. The van der Waals surface area contributed by atoms with E-state index < -0.39 is 0 Å². The molecule has 0 saturated heterocycles. The zero-order chi connectivity index (χ0) is 10.4. The molecule has 0 aliphatic rings. The van der Waals surface area contributed by atoms with Crippen molar-refractivity contribution in [1.82, 2.24) is 0 Å². The van der Waals surface area contributed by atoms with E-state index in [9.17, 15) is 0 Å². The third-order valence-electron chi connectivity index (χ3n) is 2.36. The second-order valence-corrected chi connectivity index (χ2v) is 3.57. The first-order chi connectivity index (χ1) is 6.74. The van der Waals surface area contributed by atoms with E-state index in [1.807, 2.05) is 30.3 Å². The van der Waals surface area contributed by atoms with Gasteiger partial charge in [-0.15, -0.1) is 0 Å². The molecule has 1 unspecified atom stereocenters. The molecule has 2 atom stereocenters. The van der Waals surface area contributed by atoms with E-state index in [1.165, 1.54) is 0 Å². The molecule has 0 radical (unpaired) electrons. The number of benzene rings is 1. The van der Waals surface area contributed by atoms with Gasteiger partial charge in [-0.1, -0.05) is 37.3 Å². The van der Waals surface area contributed by atoms with Crippen LogP contribution < -0.4 is 5.73 Å². The summed E-state index contributed by atoms with van der Waals surface area (Å²) in [5, 5.41) is 0. The lowest BCUT2D eigenvalue weighted by Crippen LogP contribution is -2.20. The van der Waals surface area contributed by atoms with Gasteiger partial charge in [0.25, 0.3) is 0 Å². The topological polar surface area (TPSA) is 35.2 Å². The van der Waals surface area contributed by atoms with Crippen LogP contribution in [0.25, 0.3) is 0 Å². The van der Waals surface area contributed by atoms with Crippen molar-refractivity contribution >= 4 is 0 Å². The summed E-state index contributed by atoms with van der Waals surface area (Å²) in [6.45, 7) is 4.77. The average molecular weight is 193 g/mol. The summed E-state index contributed by atoms with van der Waals surface area (Å²) in [6, 6.07) is 10.0. The molecule has 0 spiro atoms. The highest BCUT2D eigenvalue weighted by atomic mass is 16.5. The van der Waals surface area contributed by atoms with Crippen LogP contribution in [0.2, 0.25) is 0 Å². The Kier molecular flexibility index (Phi) is 4.63. The fourth-order valence-corrected chi connectivity index (χ4v) is 1.18. The summed E-state index contributed by atoms with van der Waals surface area (Å²) in [6.07, 6.45) is 1.33. The third-order valence-corrected chi connectivity index (χ3v) is 2.36. The molecule has 14 heavy (non-hydrogen) atoms. The molecular weight excluding hydrogens is 174 g/mol. The highest BCUT2D eigenvalue weighted by Gasteiger charge is 2.07. The molecule has 0 heterocycles. The molecule has 0 aliphatic carbocycles. The van der Waals surface area contributed by atoms with Gasteiger partial charge < -0.3 is 10.5 Å². The Morgan fingerprint density at radius 3 is 2.50 bits per heavy atom. The van der Waals surface area contributed by atoms with Crippen molar-refractivity contribution in [2.75, 3.05) is 6.61 Å². The van der Waals surface area contributed by atoms with Crippen molar-refractivity contribution < 1.29 is 4.74 Å². The average Bonchev–Trinajstić information content (AvgIpc) is 2.26. The Labute approximate surface area is 86.1 Å². The summed E-state index contributed by atoms with van der Waals surface area (Å²) in [7, 11) is 0. The Morgan fingerprint density at radius 1 is 1.29 bits per heavy atom. The fraction of sp³-hybridized carbons (Fsp3) is 0.500. The van der Waals surface area contributed by atoms with Gasteiger partial charge in [-0.3, -0.25) is 0 Å². The minimum absolute atomic E-state index is 0.00907. The summed E-state index contributed by atoms with van der Waals surface area (Å²) >= 11 is 0. The van der Waals surface area contributed by atoms with Crippen LogP contribution in [0.4, 0.5) is 0 Å². The fourth-order valence-electron chi connectivity index (χ4n) is 1.18. The molecule has 1 aromatic carbocycles. The van der Waals surface area contributed by atoms with Crippen LogP contribution in [0.1, 0.15) is 31.9 Å². The summed E-state index contributed by atoms with van der Waals surface area (Å²) < 4.78 is 5.58. The smallest absolute Gasteiger partial charge is 0.0662 e. The zero-order valence-electron chi connectivity index (χ0n) is 8.94. The SMILES string of the molecule is CCC(C)OC[C@@H](N)c1ccccc1. The maximum Gasteiger partial charge on any atom is 0.0662 e. The molecule has 0 bridgehead atoms. The first-order valence-electron chi connectivity index (χ1n) is 5.16. The normalized spacial score (nSPS) is 15.1. The van der Waals surface area contributed by atoms with E-state index in [0.29, 0.717) is 12.7 Å². The highest BCUT2D eigenvalue weighted by molar-refractivity contribution is 5.18. The van der Waals surface area contributed by atoms with Gasteiger partial charge in [0.05, 0.1) is 18.8 Å². The van der Waals surface area contributed by atoms with E-state index >= 15 is 0 Å². The van der Waals surface area contributed by atoms with Crippen molar-refractivity contribution in [3.8, 4) is 0 Å². The van der Waals surface area contributed by atoms with Crippen molar-refractivity contribution in [2.45, 2.75) is 32.4 Å². The molecule has 0 aromatic heterocycles. The lowest BCUT2D eigenvalue weighted by molar-refractivity contribution is 0.0539. The van der Waals surface area contributed by atoms with Gasteiger partial charge in [-0.25, -0.2) is 0 Å². The second-order valence-electron chi connectivity index (χ2n) is 3.57. The van der Waals surface area contributed by atoms with Crippen LogP contribution in [0.15, 0.2) is 30.3 Å². The highest BCUT2D eigenvalue weighted by Crippen LogP contribution is 2.10. The lowest BCUT2D eigenvalue weighted by atomic mass is 10.1. The molecule has 2 heteroatoms. The zero-order valence-corrected chi connectivity index (χ0v) is 8.94. The van der Waals surface area contributed by atoms with Crippen LogP contribution >= 0.6 is 0 Å². The molecule has 2 N–H and O–H groups in total. The van der Waals surface area contributed by atoms with Crippen LogP contribution in [0, 0.1) is 0 Å². The molecule has 0 saturated carbocycles. The first kappa shape index (κ1) is 11.2. The first-order valence-corrected chi connectivity index (χ1v) is 5.16. The van der Waals surface area contributed by atoms with Crippen LogP contribution in [0.5, 0.6) is 0 Å². The van der Waals surface area contributed by atoms with Crippen molar-refractivity contribution in [2.24, 2.45) is 5.73 Å². The quantitative estimate of drug-likeness (QED) is 0.779. The van der Waals surface area contributed by atoms with Gasteiger partial charge >= 0.3 is 0 Å². The van der Waals surface area contributed by atoms with Crippen LogP contribution in [-0.4, -0.2) is 12.7 Å². The van der Waals surface area contributed by atoms with E-state index in [2.05, 4.69) is 13.8 Å². The van der Waals surface area contributed by atoms with Crippen molar-refractivity contribution in [3.05, 3.63) is 35.9 Å². The number of hydrogen-bond donors (Lipinski definition) is 1. The standard InChI is InChI=1S/C12H19NO/c1-3-10(2)14-9-12(13)11-7-5-4-6-8-11/h4-8,10,12H,3,9,13H2,1-2H3/t10?,12-/m1/s1. The number of rotatable bonds is 5. The minimum atomic E-state index is -0.00907. The molecule has 1 rings (SSSR count). The predicted molar refractivity (Wildman–Crippen MR) is 59.1 cm³/mol. The largest absolute Gasteiger partial charge is 0.377 e. The number of ether oxygens (including phenoxy) is 1. The van der Waals surface area contributed by atoms with Gasteiger partial charge in [0.2, 0.25) is 0 Å². The van der Waals surface area contributed by atoms with Gasteiger partial charge in [0.15, 0.2) is 0 Å². The summed E-state index contributed by atoms with van der Waals surface area (Å²) in [4.78, 5) is 0. The van der Waals surface area contributed by atoms with Crippen LogP contribution in [0.3, 0.4) is 0 Å². The Hall–Kier alpha value is -0.860. The van der Waals surface area contributed by atoms with Gasteiger partial charge in [0.1, 0.15) is 0 Å². The Bertz CT molecular complexity index is 248. The van der Waals surface area contributed by atoms with Crippen molar-refractivity contribution in [1.29, 1.82) is 0 Å². The maximum absolute atomic E-state index is 5.97. The Balaban J connectivity index is 2.39. The molecule has 0 fully saturated rings. The van der Waals surface area contributed by atoms with E-state index in [1.54, 1.807) is 0 Å². The van der Waals surface area contributed by atoms with E-state index in [-0.39, 0.29) is 6.04 Å². The minimum Gasteiger partial charge on any atom is -0.377 e. The monoisotopic (exact) mass is 193 g/mol. The molecule has 1 aromatic rings. The lowest BCUT2D eigenvalue weighted by Gasteiger charge is -2.16. The van der Waals surface area contributed by atoms with Gasteiger partial charge in [0, 0.05) is 0 Å². The third kappa shape index (κ3) is 3.48. The van der Waals surface area contributed by atoms with E-state index in [4.69, 9.17) is 10.5 Å². The maximum atomic E-state index is 5.97. The predicted octanol–water partition coefficient (Wildman–Crippen LogP) is 2.50. The number of nitrogens with two attached hydrogens (primary N) is 1. The summed E-state index contributed by atoms with van der Waals surface area (Å²) in [5.74, 6) is 0. The van der Waals surface area contributed by atoms with E-state index in [0.717, 1.165) is 12.0 Å². The molecule has 0 amide bonds. The van der Waals surface area contributed by atoms with Gasteiger partial charge in [-0.05, 0) is 18.9 Å². The van der Waals surface area contributed by atoms with Crippen molar-refractivity contribution in [3.63, 3.8) is 0 Å². The van der Waals surface area contributed by atoms with Crippen LogP contribution in [-0.2, 0) is 4.74 Å².